The zero-order valence-electron chi connectivity index (χ0n) is 14.4. The molecule has 1 aliphatic rings. The van der Waals surface area contributed by atoms with Crippen molar-refractivity contribution in [3.63, 3.8) is 0 Å². The van der Waals surface area contributed by atoms with Gasteiger partial charge in [-0.05, 0) is 18.2 Å². The molecule has 1 fully saturated rings. The van der Waals surface area contributed by atoms with Gasteiger partial charge in [-0.2, -0.15) is 4.31 Å². The molecule has 1 heterocycles. The predicted octanol–water partition coefficient (Wildman–Crippen LogP) is -0.0267. The maximum Gasteiger partial charge on any atom is 0.340 e. The predicted molar refractivity (Wildman–Crippen MR) is 93.9 cm³/mol. The summed E-state index contributed by atoms with van der Waals surface area (Å²) in [6, 6.07) is 2.87. The first kappa shape index (κ1) is 21.1. The van der Waals surface area contributed by atoms with Crippen LogP contribution in [0.25, 0.3) is 0 Å². The zero-order chi connectivity index (χ0) is 20.0. The number of carbonyl (C=O) groups excluding carboxylic acids is 3. The molecule has 0 spiro atoms. The maximum absolute atomic E-state index is 12.7. The van der Waals surface area contributed by atoms with Crippen molar-refractivity contribution in [2.24, 2.45) is 0 Å². The van der Waals surface area contributed by atoms with Crippen LogP contribution < -0.4 is 10.6 Å². The number of urea groups is 1. The standard InChI is InChI=1S/C15H18ClN3O7S/c1-17-15(22)18-13(20)9-26-14(21)11-8-10(2-3-12(11)16)27(23,24)19-4-6-25-7-5-19/h2-3,8H,4-7,9H2,1H3,(H2,17,18,20,22). The van der Waals surface area contributed by atoms with E-state index in [1.54, 1.807) is 0 Å². The lowest BCUT2D eigenvalue weighted by Crippen LogP contribution is -2.40. The number of benzene rings is 1. The number of amides is 3. The molecule has 0 aromatic heterocycles. The Morgan fingerprint density at radius 1 is 1.26 bits per heavy atom. The quantitative estimate of drug-likeness (QED) is 0.641. The molecule has 1 aromatic carbocycles. The number of ether oxygens (including phenoxy) is 2. The van der Waals surface area contributed by atoms with E-state index in [1.165, 1.54) is 23.5 Å². The van der Waals surface area contributed by atoms with Gasteiger partial charge in [0.2, 0.25) is 10.0 Å². The highest BCUT2D eigenvalue weighted by atomic mass is 35.5. The Kier molecular flexibility index (Phi) is 7.13. The highest BCUT2D eigenvalue weighted by Gasteiger charge is 2.28. The van der Waals surface area contributed by atoms with E-state index in [1.807, 2.05) is 5.32 Å². The van der Waals surface area contributed by atoms with Gasteiger partial charge in [0, 0.05) is 20.1 Å². The summed E-state index contributed by atoms with van der Waals surface area (Å²) in [5, 5.41) is 4.05. The van der Waals surface area contributed by atoms with Gasteiger partial charge in [-0.15, -0.1) is 0 Å². The smallest absolute Gasteiger partial charge is 0.340 e. The van der Waals surface area contributed by atoms with Gasteiger partial charge in [0.15, 0.2) is 6.61 Å². The number of morpholine rings is 1. The number of imide groups is 1. The number of hydrogen-bond donors (Lipinski definition) is 2. The van der Waals surface area contributed by atoms with Crippen LogP contribution in [-0.2, 0) is 24.3 Å². The minimum Gasteiger partial charge on any atom is -0.452 e. The minimum absolute atomic E-state index is 0.0346. The Bertz CT molecular complexity index is 838. The van der Waals surface area contributed by atoms with Gasteiger partial charge in [0.1, 0.15) is 0 Å². The fraction of sp³-hybridized carbons (Fsp3) is 0.400. The number of nitrogens with zero attached hydrogens (tertiary/aromatic N) is 1. The van der Waals surface area contributed by atoms with Gasteiger partial charge >= 0.3 is 12.0 Å². The molecule has 0 bridgehead atoms. The molecule has 0 atom stereocenters. The summed E-state index contributed by atoms with van der Waals surface area (Å²) >= 11 is 5.96. The number of halogens is 1. The largest absolute Gasteiger partial charge is 0.452 e. The van der Waals surface area contributed by atoms with Crippen molar-refractivity contribution < 1.29 is 32.3 Å². The van der Waals surface area contributed by atoms with Gasteiger partial charge in [0.05, 0.1) is 28.7 Å². The summed E-state index contributed by atoms with van der Waals surface area (Å²) < 4.78 is 36.5. The molecule has 0 unspecified atom stereocenters. The van der Waals surface area contributed by atoms with E-state index in [0.717, 1.165) is 6.07 Å². The number of rotatable bonds is 5. The van der Waals surface area contributed by atoms with Crippen LogP contribution in [0.3, 0.4) is 0 Å². The number of hydrogen-bond acceptors (Lipinski definition) is 7. The van der Waals surface area contributed by atoms with Crippen LogP contribution in [0.1, 0.15) is 10.4 Å². The van der Waals surface area contributed by atoms with Crippen LogP contribution in [0.4, 0.5) is 4.79 Å². The molecule has 1 aromatic rings. The Balaban J connectivity index is 2.13. The van der Waals surface area contributed by atoms with E-state index in [0.29, 0.717) is 0 Å². The van der Waals surface area contributed by atoms with E-state index in [2.05, 4.69) is 5.32 Å². The first-order valence-corrected chi connectivity index (χ1v) is 9.63. The van der Waals surface area contributed by atoms with Gasteiger partial charge in [-0.1, -0.05) is 11.6 Å². The third-order valence-corrected chi connectivity index (χ3v) is 5.80. The summed E-state index contributed by atoms with van der Waals surface area (Å²) in [6.07, 6.45) is 0. The molecule has 148 valence electrons. The van der Waals surface area contributed by atoms with Crippen molar-refractivity contribution in [1.29, 1.82) is 0 Å². The third-order valence-electron chi connectivity index (χ3n) is 3.58. The SMILES string of the molecule is CNC(=O)NC(=O)COC(=O)c1cc(S(=O)(=O)N2CCOCC2)ccc1Cl. The minimum atomic E-state index is -3.83. The number of carbonyl (C=O) groups is 3. The highest BCUT2D eigenvalue weighted by Crippen LogP contribution is 2.24. The third kappa shape index (κ3) is 5.39. The van der Waals surface area contributed by atoms with E-state index in [-0.39, 0.29) is 41.8 Å². The molecule has 12 heteroatoms. The van der Waals surface area contributed by atoms with Crippen LogP contribution >= 0.6 is 11.6 Å². The fourth-order valence-electron chi connectivity index (χ4n) is 2.19. The van der Waals surface area contributed by atoms with Crippen molar-refractivity contribution in [2.75, 3.05) is 40.0 Å². The van der Waals surface area contributed by atoms with E-state index in [4.69, 9.17) is 21.1 Å². The second kappa shape index (κ2) is 9.13. The summed E-state index contributed by atoms with van der Waals surface area (Å²) in [5.41, 5.74) is -0.209. The molecular formula is C15H18ClN3O7S. The van der Waals surface area contributed by atoms with Crippen molar-refractivity contribution in [3.8, 4) is 0 Å². The molecule has 2 rings (SSSR count). The Morgan fingerprint density at radius 3 is 2.56 bits per heavy atom. The Labute approximate surface area is 160 Å². The van der Waals surface area contributed by atoms with E-state index < -0.39 is 34.5 Å². The molecule has 0 aliphatic carbocycles. The first-order valence-electron chi connectivity index (χ1n) is 7.82. The van der Waals surface area contributed by atoms with Gasteiger partial charge in [-0.3, -0.25) is 10.1 Å². The molecular weight excluding hydrogens is 402 g/mol. The summed E-state index contributed by atoms with van der Waals surface area (Å²) in [6.45, 7) is 0.224. The zero-order valence-corrected chi connectivity index (χ0v) is 15.9. The first-order chi connectivity index (χ1) is 12.8. The molecule has 10 nitrogen and oxygen atoms in total. The second-order valence-corrected chi connectivity index (χ2v) is 7.71. The topological polar surface area (TPSA) is 131 Å². The van der Waals surface area contributed by atoms with Crippen LogP contribution in [0, 0.1) is 0 Å². The molecule has 27 heavy (non-hydrogen) atoms. The molecule has 2 N–H and O–H groups in total. The van der Waals surface area contributed by atoms with E-state index in [9.17, 15) is 22.8 Å². The molecule has 0 radical (unpaired) electrons. The highest BCUT2D eigenvalue weighted by molar-refractivity contribution is 7.89. The van der Waals surface area contributed by atoms with Gasteiger partial charge in [0.25, 0.3) is 5.91 Å². The van der Waals surface area contributed by atoms with Crippen molar-refractivity contribution in [2.45, 2.75) is 4.90 Å². The summed E-state index contributed by atoms with van der Waals surface area (Å²) in [7, 11) is -2.52. The van der Waals surface area contributed by atoms with Crippen LogP contribution in [0.15, 0.2) is 23.1 Å². The lowest BCUT2D eigenvalue weighted by molar-refractivity contribution is -0.123. The summed E-state index contributed by atoms with van der Waals surface area (Å²) in [5.74, 6) is -1.85. The fourth-order valence-corrected chi connectivity index (χ4v) is 3.82. The van der Waals surface area contributed by atoms with Crippen LogP contribution in [0.5, 0.6) is 0 Å². The van der Waals surface area contributed by atoms with Gasteiger partial charge in [-0.25, -0.2) is 18.0 Å². The van der Waals surface area contributed by atoms with Crippen LogP contribution in [-0.4, -0.2) is 70.6 Å². The van der Waals surface area contributed by atoms with Crippen molar-refractivity contribution in [1.82, 2.24) is 14.9 Å². The summed E-state index contributed by atoms with van der Waals surface area (Å²) in [4.78, 5) is 34.5. The number of esters is 1. The average molecular weight is 420 g/mol. The maximum atomic E-state index is 12.7. The van der Waals surface area contributed by atoms with Crippen molar-refractivity contribution in [3.05, 3.63) is 28.8 Å². The monoisotopic (exact) mass is 419 g/mol. The van der Waals surface area contributed by atoms with Crippen LogP contribution in [0.2, 0.25) is 5.02 Å². The normalized spacial score (nSPS) is 15.0. The van der Waals surface area contributed by atoms with Gasteiger partial charge < -0.3 is 14.8 Å². The molecule has 0 saturated carbocycles. The van der Waals surface area contributed by atoms with E-state index >= 15 is 0 Å². The molecule has 3 amide bonds. The number of sulfonamides is 1. The Hall–Kier alpha value is -2.21. The lowest BCUT2D eigenvalue weighted by atomic mass is 10.2. The molecule has 1 saturated heterocycles. The lowest BCUT2D eigenvalue weighted by Gasteiger charge is -2.26. The molecule has 1 aliphatic heterocycles. The second-order valence-electron chi connectivity index (χ2n) is 5.36. The Morgan fingerprint density at radius 2 is 1.93 bits per heavy atom. The number of nitrogens with one attached hydrogen (secondary N) is 2. The average Bonchev–Trinajstić information content (AvgIpc) is 2.66. The van der Waals surface area contributed by atoms with Crippen molar-refractivity contribution >= 4 is 39.5 Å².